The van der Waals surface area contributed by atoms with Crippen molar-refractivity contribution < 1.29 is 9.53 Å². The first-order chi connectivity index (χ1) is 10.2. The molecular formula is C14H15ClN4O2. The Hall–Kier alpha value is -2.08. The summed E-state index contributed by atoms with van der Waals surface area (Å²) in [6, 6.07) is 1.72. The van der Waals surface area contributed by atoms with Crippen LogP contribution in [0.2, 0.25) is 0 Å². The van der Waals surface area contributed by atoms with Gasteiger partial charge < -0.3 is 15.4 Å². The summed E-state index contributed by atoms with van der Waals surface area (Å²) in [4.78, 5) is 18.8. The number of anilines is 1. The fourth-order valence-corrected chi connectivity index (χ4v) is 1.98. The number of aromatic nitrogens is 1. The molecule has 0 bridgehead atoms. The molecule has 1 amide bonds. The Morgan fingerprint density at radius 1 is 1.57 bits per heavy atom. The van der Waals surface area contributed by atoms with Crippen LogP contribution in [0.15, 0.2) is 35.9 Å². The van der Waals surface area contributed by atoms with Crippen LogP contribution in [0, 0.1) is 5.92 Å². The molecule has 0 radical (unpaired) electrons. The molecule has 0 spiro atoms. The number of carbonyl (C=O) groups is 1. The summed E-state index contributed by atoms with van der Waals surface area (Å²) < 4.78 is 5.72. The third-order valence-electron chi connectivity index (χ3n) is 3.24. The summed E-state index contributed by atoms with van der Waals surface area (Å²) in [6.07, 6.45) is 9.93. The maximum Gasteiger partial charge on any atom is 0.271 e. The highest BCUT2D eigenvalue weighted by Crippen LogP contribution is 2.31. The summed E-state index contributed by atoms with van der Waals surface area (Å²) in [5, 5.41) is 5.48. The zero-order valence-electron chi connectivity index (χ0n) is 11.3. The molecular weight excluding hydrogens is 292 g/mol. The van der Waals surface area contributed by atoms with Gasteiger partial charge in [0.1, 0.15) is 11.4 Å². The van der Waals surface area contributed by atoms with Gasteiger partial charge >= 0.3 is 0 Å². The van der Waals surface area contributed by atoms with E-state index in [4.69, 9.17) is 16.3 Å². The smallest absolute Gasteiger partial charge is 0.271 e. The Balaban J connectivity index is 1.70. The van der Waals surface area contributed by atoms with Crippen LogP contribution in [0.1, 0.15) is 12.8 Å². The van der Waals surface area contributed by atoms with E-state index in [2.05, 4.69) is 20.6 Å². The first-order valence-corrected chi connectivity index (χ1v) is 7.09. The van der Waals surface area contributed by atoms with Crippen molar-refractivity contribution in [3.05, 3.63) is 30.9 Å². The van der Waals surface area contributed by atoms with Gasteiger partial charge in [-0.15, -0.1) is 0 Å². The van der Waals surface area contributed by atoms with Crippen LogP contribution in [0.3, 0.4) is 0 Å². The number of hydrogen-bond donors (Lipinski definition) is 2. The molecule has 2 aliphatic rings. The molecule has 0 saturated heterocycles. The molecule has 21 heavy (non-hydrogen) atoms. The molecule has 1 saturated carbocycles. The lowest BCUT2D eigenvalue weighted by Gasteiger charge is -2.24. The van der Waals surface area contributed by atoms with Crippen LogP contribution in [0.4, 0.5) is 5.69 Å². The minimum Gasteiger partial charge on any atom is -0.491 e. The Morgan fingerprint density at radius 2 is 2.43 bits per heavy atom. The Kier molecular flexibility index (Phi) is 3.79. The first kappa shape index (κ1) is 13.9. The first-order valence-electron chi connectivity index (χ1n) is 6.71. The number of nitrogens with one attached hydrogen (secondary N) is 2. The van der Waals surface area contributed by atoms with E-state index < -0.39 is 10.9 Å². The lowest BCUT2D eigenvalue weighted by atomic mass is 10.2. The second-order valence-corrected chi connectivity index (χ2v) is 5.63. The molecule has 7 heteroatoms. The molecule has 0 aromatic carbocycles. The van der Waals surface area contributed by atoms with Crippen molar-refractivity contribution in [3.63, 3.8) is 0 Å². The molecule has 2 N–H and O–H groups in total. The zero-order chi connectivity index (χ0) is 14.7. The van der Waals surface area contributed by atoms with Crippen LogP contribution in [-0.4, -0.2) is 28.7 Å². The van der Waals surface area contributed by atoms with Crippen molar-refractivity contribution >= 4 is 29.4 Å². The zero-order valence-corrected chi connectivity index (χ0v) is 12.0. The van der Waals surface area contributed by atoms with E-state index in [1.165, 1.54) is 37.7 Å². The van der Waals surface area contributed by atoms with Gasteiger partial charge in [-0.1, -0.05) is 11.6 Å². The topological polar surface area (TPSA) is 75.6 Å². The lowest BCUT2D eigenvalue weighted by molar-refractivity contribution is -0.117. The molecule has 1 aromatic rings. The van der Waals surface area contributed by atoms with Crippen LogP contribution < -0.4 is 15.4 Å². The maximum absolute atomic E-state index is 12.3. The average molecular weight is 307 g/mol. The summed E-state index contributed by atoms with van der Waals surface area (Å²) in [6.45, 7) is 0.654. The molecule has 1 atom stereocenters. The molecule has 1 fully saturated rings. The van der Waals surface area contributed by atoms with Crippen molar-refractivity contribution in [2.24, 2.45) is 10.9 Å². The number of rotatable bonds is 5. The van der Waals surface area contributed by atoms with E-state index in [9.17, 15) is 4.79 Å². The van der Waals surface area contributed by atoms with E-state index in [0.717, 1.165) is 0 Å². The number of alkyl halides is 1. The maximum atomic E-state index is 12.3. The highest BCUT2D eigenvalue weighted by molar-refractivity contribution is 6.45. The number of halogens is 1. The van der Waals surface area contributed by atoms with Crippen LogP contribution in [0.25, 0.3) is 0 Å². The lowest BCUT2D eigenvalue weighted by Crippen LogP contribution is -2.50. The molecule has 1 aliphatic carbocycles. The molecule has 1 unspecified atom stereocenters. The SMILES string of the molecule is O=C(Nc1cnccc1OCC1CC1)C1(Cl)C=NC=CN1. The predicted octanol–water partition coefficient (Wildman–Crippen LogP) is 1.89. The van der Waals surface area contributed by atoms with Gasteiger partial charge in [-0.3, -0.25) is 14.8 Å². The molecule has 2 heterocycles. The van der Waals surface area contributed by atoms with Gasteiger partial charge in [0, 0.05) is 24.7 Å². The highest BCUT2D eigenvalue weighted by atomic mass is 35.5. The summed E-state index contributed by atoms with van der Waals surface area (Å²) >= 11 is 6.18. The number of hydrogen-bond acceptors (Lipinski definition) is 5. The number of ether oxygens (including phenoxy) is 1. The third kappa shape index (κ3) is 3.33. The second kappa shape index (κ2) is 5.73. The summed E-state index contributed by atoms with van der Waals surface area (Å²) in [7, 11) is 0. The van der Waals surface area contributed by atoms with E-state index >= 15 is 0 Å². The average Bonchev–Trinajstić information content (AvgIpc) is 3.31. The number of nitrogens with zero attached hydrogens (tertiary/aromatic N) is 2. The quantitative estimate of drug-likeness (QED) is 0.643. The van der Waals surface area contributed by atoms with Crippen molar-refractivity contribution in [1.29, 1.82) is 0 Å². The second-order valence-electron chi connectivity index (χ2n) is 5.03. The molecule has 1 aromatic heterocycles. The monoisotopic (exact) mass is 306 g/mol. The van der Waals surface area contributed by atoms with Crippen LogP contribution >= 0.6 is 11.6 Å². The van der Waals surface area contributed by atoms with E-state index in [0.29, 0.717) is 24.0 Å². The van der Waals surface area contributed by atoms with Crippen LogP contribution in [-0.2, 0) is 4.79 Å². The Bertz CT molecular complexity index is 600. The fourth-order valence-electron chi connectivity index (χ4n) is 1.82. The van der Waals surface area contributed by atoms with Crippen LogP contribution in [0.5, 0.6) is 5.75 Å². The number of pyridine rings is 1. The third-order valence-corrected chi connectivity index (χ3v) is 3.62. The molecule has 3 rings (SSSR count). The summed E-state index contributed by atoms with van der Waals surface area (Å²) in [5.74, 6) is 0.772. The van der Waals surface area contributed by atoms with Crippen molar-refractivity contribution in [1.82, 2.24) is 10.3 Å². The van der Waals surface area contributed by atoms with E-state index in [1.54, 1.807) is 12.3 Å². The number of amides is 1. The normalized spacial score (nSPS) is 23.5. The van der Waals surface area contributed by atoms with Gasteiger partial charge in [0.15, 0.2) is 0 Å². The molecule has 1 aliphatic heterocycles. The van der Waals surface area contributed by atoms with Gasteiger partial charge in [-0.2, -0.15) is 0 Å². The molecule has 6 nitrogen and oxygen atoms in total. The largest absolute Gasteiger partial charge is 0.491 e. The summed E-state index contributed by atoms with van der Waals surface area (Å²) in [5.41, 5.74) is 0.493. The van der Waals surface area contributed by atoms with Gasteiger partial charge in [0.05, 0.1) is 19.0 Å². The van der Waals surface area contributed by atoms with Gasteiger partial charge in [0.25, 0.3) is 5.91 Å². The number of aliphatic imine (C=N–C) groups is 1. The van der Waals surface area contributed by atoms with Crippen molar-refractivity contribution in [2.75, 3.05) is 11.9 Å². The van der Waals surface area contributed by atoms with Crippen molar-refractivity contribution in [2.45, 2.75) is 17.8 Å². The van der Waals surface area contributed by atoms with E-state index in [1.807, 2.05) is 0 Å². The minimum atomic E-state index is -1.40. The van der Waals surface area contributed by atoms with Gasteiger partial charge in [-0.05, 0) is 18.8 Å². The highest BCUT2D eigenvalue weighted by Gasteiger charge is 2.35. The standard InChI is InChI=1S/C14H15ClN4O2/c15-14(9-17-5-6-18-14)13(20)19-11-7-16-4-3-12(11)21-8-10-1-2-10/h3-7,9-10,18H,1-2,8H2,(H,19,20). The van der Waals surface area contributed by atoms with Gasteiger partial charge in [-0.25, -0.2) is 0 Å². The Labute approximate surface area is 127 Å². The predicted molar refractivity (Wildman–Crippen MR) is 80.4 cm³/mol. The fraction of sp³-hybridized carbons (Fsp3) is 0.357. The number of carbonyl (C=O) groups excluding carboxylic acids is 1. The Morgan fingerprint density at radius 3 is 3.14 bits per heavy atom. The minimum absolute atomic E-state index is 0.443. The van der Waals surface area contributed by atoms with Crippen molar-refractivity contribution in [3.8, 4) is 5.75 Å². The van der Waals surface area contributed by atoms with Gasteiger partial charge in [0.2, 0.25) is 5.00 Å². The molecule has 110 valence electrons. The van der Waals surface area contributed by atoms with E-state index in [-0.39, 0.29) is 0 Å².